The first-order valence-electron chi connectivity index (χ1n) is 16.4. The van der Waals surface area contributed by atoms with Gasteiger partial charge in [0.25, 0.3) is 26.1 Å². The Labute approximate surface area is 318 Å². The van der Waals surface area contributed by atoms with E-state index in [0.29, 0.717) is 35.7 Å². The minimum absolute atomic E-state index is 0.0285. The summed E-state index contributed by atoms with van der Waals surface area (Å²) < 4.78 is 65.5. The van der Waals surface area contributed by atoms with E-state index in [1.54, 1.807) is 19.1 Å². The predicted octanol–water partition coefficient (Wildman–Crippen LogP) is 6.98. The second-order valence-corrected chi connectivity index (χ2v) is 16.6. The summed E-state index contributed by atoms with van der Waals surface area (Å²) in [4.78, 5) is 26.7. The molecule has 0 radical (unpaired) electrons. The molecule has 2 amide bonds. The standard InChI is InChI=1S/C35H39ClN8O8S2/c1-7-43(14-9-15-53(47,48)49)25-16-21(2)31(29(19-25)38-22(3)45)40-41-33-27(20-37)32(35(4,5)6)42-44(33)30-13-12-24(18-28(30)36)39-34(46)23-10-8-11-26(17-23)54(50,51)52/h8,10-13,16-19H,7,9,14-15H2,1-6H3,(H,38,45)(H,39,46)(H,47,48,49)(H,50,51,52). The first kappa shape index (κ1) is 41.6. The third-order valence-electron chi connectivity index (χ3n) is 7.93. The number of carbonyl (C=O) groups is 2. The first-order valence-corrected chi connectivity index (χ1v) is 19.8. The Morgan fingerprint density at radius 3 is 2.31 bits per heavy atom. The summed E-state index contributed by atoms with van der Waals surface area (Å²) in [5.74, 6) is -1.44. The number of amides is 2. The highest BCUT2D eigenvalue weighted by Gasteiger charge is 2.29. The summed E-state index contributed by atoms with van der Waals surface area (Å²) in [6.45, 7) is 11.4. The van der Waals surface area contributed by atoms with Crippen molar-refractivity contribution in [1.82, 2.24) is 9.78 Å². The third kappa shape index (κ3) is 10.3. The summed E-state index contributed by atoms with van der Waals surface area (Å²) in [5, 5.41) is 29.5. The number of azo groups is 1. The minimum Gasteiger partial charge on any atom is -0.372 e. The molecule has 54 heavy (non-hydrogen) atoms. The monoisotopic (exact) mass is 798 g/mol. The second kappa shape index (κ2) is 16.4. The average molecular weight is 799 g/mol. The van der Waals surface area contributed by atoms with E-state index in [-0.39, 0.29) is 51.4 Å². The van der Waals surface area contributed by atoms with Crippen LogP contribution >= 0.6 is 11.6 Å². The molecule has 3 aromatic carbocycles. The fourth-order valence-electron chi connectivity index (χ4n) is 5.42. The van der Waals surface area contributed by atoms with Crippen LogP contribution in [0.3, 0.4) is 0 Å². The molecule has 0 saturated heterocycles. The van der Waals surface area contributed by atoms with Gasteiger partial charge in [0.05, 0.1) is 32.7 Å². The van der Waals surface area contributed by atoms with E-state index < -0.39 is 42.2 Å². The summed E-state index contributed by atoms with van der Waals surface area (Å²) in [6.07, 6.45) is 0.167. The van der Waals surface area contributed by atoms with Crippen molar-refractivity contribution in [3.05, 3.63) is 82.0 Å². The molecule has 0 unspecified atom stereocenters. The topological polar surface area (TPSA) is 237 Å². The lowest BCUT2D eigenvalue weighted by atomic mass is 9.90. The molecule has 4 N–H and O–H groups in total. The van der Waals surface area contributed by atoms with Crippen LogP contribution < -0.4 is 15.5 Å². The lowest BCUT2D eigenvalue weighted by molar-refractivity contribution is -0.114. The molecule has 0 spiro atoms. The first-order chi connectivity index (χ1) is 25.1. The Kier molecular flexibility index (Phi) is 12.7. The zero-order valence-corrected chi connectivity index (χ0v) is 32.6. The summed E-state index contributed by atoms with van der Waals surface area (Å²) in [7, 11) is -8.67. The van der Waals surface area contributed by atoms with Gasteiger partial charge in [-0.3, -0.25) is 18.7 Å². The number of hydrogen-bond donors (Lipinski definition) is 4. The van der Waals surface area contributed by atoms with E-state index >= 15 is 0 Å². The lowest BCUT2D eigenvalue weighted by Crippen LogP contribution is -2.26. The smallest absolute Gasteiger partial charge is 0.294 e. The molecule has 0 atom stereocenters. The number of halogens is 1. The van der Waals surface area contributed by atoms with Gasteiger partial charge in [-0.25, -0.2) is 4.68 Å². The SMILES string of the molecule is CCN(CCCS(=O)(=O)O)c1cc(C)c(N=Nc2c(C#N)c(C(C)(C)C)nn2-c2ccc(NC(=O)c3cccc(S(=O)(=O)O)c3)cc2Cl)c(NC(C)=O)c1. The molecule has 0 aliphatic carbocycles. The maximum absolute atomic E-state index is 12.9. The number of hydrogen-bond acceptors (Lipinski definition) is 11. The number of anilines is 3. The van der Waals surface area contributed by atoms with Crippen LogP contribution in [0.1, 0.15) is 68.2 Å². The van der Waals surface area contributed by atoms with Crippen molar-refractivity contribution in [2.75, 3.05) is 34.4 Å². The lowest BCUT2D eigenvalue weighted by Gasteiger charge is -2.25. The van der Waals surface area contributed by atoms with Gasteiger partial charge in [-0.1, -0.05) is 38.4 Å². The van der Waals surface area contributed by atoms with E-state index in [0.717, 1.165) is 12.1 Å². The van der Waals surface area contributed by atoms with Crippen LogP contribution in [0.15, 0.2) is 69.7 Å². The van der Waals surface area contributed by atoms with Gasteiger partial charge in [0.1, 0.15) is 17.3 Å². The van der Waals surface area contributed by atoms with Crippen molar-refractivity contribution in [1.29, 1.82) is 5.26 Å². The highest BCUT2D eigenvalue weighted by atomic mass is 35.5. The molecule has 4 aromatic rings. The van der Waals surface area contributed by atoms with Gasteiger partial charge >= 0.3 is 0 Å². The zero-order chi connectivity index (χ0) is 40.2. The highest BCUT2D eigenvalue weighted by molar-refractivity contribution is 7.86. The van der Waals surface area contributed by atoms with Crippen LogP contribution in [0.2, 0.25) is 5.02 Å². The van der Waals surface area contributed by atoms with E-state index in [1.165, 1.54) is 41.9 Å². The molecular formula is C35H39ClN8O8S2. The molecule has 4 rings (SSSR count). The van der Waals surface area contributed by atoms with Gasteiger partial charge in [-0.2, -0.15) is 27.2 Å². The minimum atomic E-state index is -4.53. The molecule has 0 aliphatic rings. The van der Waals surface area contributed by atoms with Gasteiger partial charge in [-0.15, -0.1) is 10.2 Å². The largest absolute Gasteiger partial charge is 0.372 e. The number of rotatable bonds is 13. The van der Waals surface area contributed by atoms with Crippen LogP contribution in [0.5, 0.6) is 0 Å². The number of nitriles is 1. The molecule has 0 aliphatic heterocycles. The number of nitrogens with zero attached hydrogens (tertiary/aromatic N) is 6. The van der Waals surface area contributed by atoms with Crippen molar-refractivity contribution < 1.29 is 35.5 Å². The Morgan fingerprint density at radius 2 is 1.74 bits per heavy atom. The zero-order valence-electron chi connectivity index (χ0n) is 30.2. The van der Waals surface area contributed by atoms with Crippen LogP contribution in [0.4, 0.5) is 28.6 Å². The van der Waals surface area contributed by atoms with Gasteiger partial charge in [-0.05, 0) is 74.4 Å². The molecule has 1 aromatic heterocycles. The molecule has 16 nitrogen and oxygen atoms in total. The molecule has 286 valence electrons. The summed E-state index contributed by atoms with van der Waals surface area (Å²) in [6, 6.07) is 15.0. The quantitative estimate of drug-likeness (QED) is 0.0795. The van der Waals surface area contributed by atoms with E-state index in [9.17, 15) is 36.2 Å². The number of aryl methyl sites for hydroxylation is 1. The van der Waals surface area contributed by atoms with Crippen LogP contribution in [0, 0.1) is 18.3 Å². The van der Waals surface area contributed by atoms with Crippen molar-refractivity contribution in [2.24, 2.45) is 10.2 Å². The Hall–Kier alpha value is -5.19. The van der Waals surface area contributed by atoms with E-state index in [2.05, 4.69) is 26.9 Å². The average Bonchev–Trinajstić information content (AvgIpc) is 3.44. The fraction of sp³-hybridized carbons (Fsp3) is 0.314. The van der Waals surface area contributed by atoms with Crippen molar-refractivity contribution in [3.8, 4) is 11.8 Å². The Balaban J connectivity index is 1.77. The third-order valence-corrected chi connectivity index (χ3v) is 9.89. The number of carbonyl (C=O) groups excluding carboxylic acids is 2. The molecule has 1 heterocycles. The van der Waals surface area contributed by atoms with Crippen molar-refractivity contribution in [2.45, 2.75) is 58.3 Å². The van der Waals surface area contributed by atoms with E-state index in [1.807, 2.05) is 32.6 Å². The number of nitrogens with one attached hydrogen (secondary N) is 2. The van der Waals surface area contributed by atoms with Crippen LogP contribution in [-0.4, -0.2) is 66.4 Å². The highest BCUT2D eigenvalue weighted by Crippen LogP contribution is 2.39. The van der Waals surface area contributed by atoms with Gasteiger partial charge < -0.3 is 15.5 Å². The molecule has 0 bridgehead atoms. The van der Waals surface area contributed by atoms with Gasteiger partial charge in [0.15, 0.2) is 5.82 Å². The van der Waals surface area contributed by atoms with E-state index in [4.69, 9.17) is 21.3 Å². The number of aromatic nitrogens is 2. The molecule has 0 fully saturated rings. The van der Waals surface area contributed by atoms with Crippen molar-refractivity contribution >= 4 is 72.2 Å². The molecule has 0 saturated carbocycles. The van der Waals surface area contributed by atoms with Crippen molar-refractivity contribution in [3.63, 3.8) is 0 Å². The van der Waals surface area contributed by atoms with Gasteiger partial charge in [0.2, 0.25) is 5.91 Å². The van der Waals surface area contributed by atoms with Crippen LogP contribution in [-0.2, 0) is 30.4 Å². The number of benzene rings is 3. The maximum atomic E-state index is 12.9. The van der Waals surface area contributed by atoms with Crippen LogP contribution in [0.25, 0.3) is 5.69 Å². The summed E-state index contributed by atoms with van der Waals surface area (Å²) in [5.41, 5.74) is 2.20. The Morgan fingerprint density at radius 1 is 1.04 bits per heavy atom. The molecule has 19 heteroatoms. The Bertz CT molecular complexity index is 2400. The predicted molar refractivity (Wildman–Crippen MR) is 205 cm³/mol. The fourth-order valence-corrected chi connectivity index (χ4v) is 6.70. The normalized spacial score (nSPS) is 12.1. The molecular weight excluding hydrogens is 760 g/mol. The summed E-state index contributed by atoms with van der Waals surface area (Å²) >= 11 is 6.74. The second-order valence-electron chi connectivity index (χ2n) is 13.2. The van der Waals surface area contributed by atoms with Gasteiger partial charge in [0, 0.05) is 42.4 Å². The maximum Gasteiger partial charge on any atom is 0.294 e.